The fourth-order valence-corrected chi connectivity index (χ4v) is 2.27. The number of ether oxygens (including phenoxy) is 1. The Kier molecular flexibility index (Phi) is 4.16. The van der Waals surface area contributed by atoms with Crippen LogP contribution in [0.4, 0.5) is 17.2 Å². The third-order valence-electron chi connectivity index (χ3n) is 3.30. The molecule has 128 valence electrons. The number of methoxy groups -OCH3 is 1. The molecule has 0 fully saturated rings. The number of nitrogens with zero attached hydrogens (tertiary/aromatic N) is 4. The number of aryl methyl sites for hydroxylation is 1. The van der Waals surface area contributed by atoms with Crippen LogP contribution in [0.3, 0.4) is 0 Å². The maximum atomic E-state index is 11.5. The first-order valence-electron chi connectivity index (χ1n) is 7.17. The van der Waals surface area contributed by atoms with Crippen LogP contribution in [0.25, 0.3) is 11.4 Å². The number of amides is 1. The highest BCUT2D eigenvalue weighted by atomic mass is 16.5. The van der Waals surface area contributed by atoms with Gasteiger partial charge in [-0.05, 0) is 12.1 Å². The number of para-hydroxylation sites is 1. The molecular formula is C15H15N7O3. The summed E-state index contributed by atoms with van der Waals surface area (Å²) in [6.45, 7) is 1.69. The van der Waals surface area contributed by atoms with Crippen LogP contribution >= 0.6 is 0 Å². The Morgan fingerprint density at radius 1 is 1.28 bits per heavy atom. The van der Waals surface area contributed by atoms with E-state index in [0.717, 1.165) is 0 Å². The molecule has 2 aromatic heterocycles. The molecule has 3 aromatic rings. The van der Waals surface area contributed by atoms with Crippen LogP contribution in [0, 0.1) is 6.92 Å². The predicted molar refractivity (Wildman–Crippen MR) is 89.3 cm³/mol. The summed E-state index contributed by atoms with van der Waals surface area (Å²) in [5.74, 6) is 0.655. The number of carbonyl (C=O) groups is 1. The first-order valence-corrected chi connectivity index (χ1v) is 7.17. The van der Waals surface area contributed by atoms with Crippen molar-refractivity contribution in [1.82, 2.24) is 20.3 Å². The summed E-state index contributed by atoms with van der Waals surface area (Å²) in [7, 11) is 1.51. The number of carbonyl (C=O) groups excluding carboxylic acids is 1. The number of primary amides is 1. The lowest BCUT2D eigenvalue weighted by molar-refractivity contribution is 0.0995. The van der Waals surface area contributed by atoms with E-state index in [2.05, 4.69) is 25.7 Å². The molecule has 1 aromatic carbocycles. The lowest BCUT2D eigenvalue weighted by Crippen LogP contribution is -2.17. The van der Waals surface area contributed by atoms with Crippen LogP contribution in [0.15, 0.2) is 28.8 Å². The Balaban J connectivity index is 2.07. The molecule has 10 nitrogen and oxygen atoms in total. The second kappa shape index (κ2) is 6.43. The minimum Gasteiger partial charge on any atom is -0.494 e. The second-order valence-corrected chi connectivity index (χ2v) is 5.04. The molecule has 0 saturated heterocycles. The summed E-state index contributed by atoms with van der Waals surface area (Å²) in [5.41, 5.74) is 12.4. The number of hydrogen-bond acceptors (Lipinski definition) is 9. The highest BCUT2D eigenvalue weighted by Crippen LogP contribution is 2.37. The molecule has 0 atom stereocenters. The number of nitrogens with one attached hydrogen (secondary N) is 1. The van der Waals surface area contributed by atoms with Crippen molar-refractivity contribution in [3.05, 3.63) is 35.9 Å². The number of rotatable bonds is 5. The molecule has 0 spiro atoms. The first kappa shape index (κ1) is 16.2. The van der Waals surface area contributed by atoms with E-state index in [4.69, 9.17) is 20.7 Å². The molecule has 1 amide bonds. The van der Waals surface area contributed by atoms with Crippen molar-refractivity contribution in [3.63, 3.8) is 0 Å². The molecule has 0 saturated carbocycles. The van der Waals surface area contributed by atoms with Crippen molar-refractivity contribution in [2.24, 2.45) is 5.73 Å². The molecule has 25 heavy (non-hydrogen) atoms. The van der Waals surface area contributed by atoms with Gasteiger partial charge in [0.15, 0.2) is 11.4 Å². The average Bonchev–Trinajstić information content (AvgIpc) is 3.00. The maximum absolute atomic E-state index is 11.5. The summed E-state index contributed by atoms with van der Waals surface area (Å²) in [6, 6.07) is 6.75. The predicted octanol–water partition coefficient (Wildman–Crippen LogP) is 1.27. The number of nitrogen functional groups attached to an aromatic ring is 1. The highest BCUT2D eigenvalue weighted by Gasteiger charge is 2.18. The highest BCUT2D eigenvalue weighted by molar-refractivity contribution is 5.97. The molecule has 0 radical (unpaired) electrons. The van der Waals surface area contributed by atoms with Gasteiger partial charge in [-0.25, -0.2) is 0 Å². The first-order chi connectivity index (χ1) is 12.0. The second-order valence-electron chi connectivity index (χ2n) is 5.04. The summed E-state index contributed by atoms with van der Waals surface area (Å²) >= 11 is 0. The fraction of sp³-hybridized carbons (Fsp3) is 0.133. The SMILES string of the molecule is COc1c(Nc2cc(N)nnc2C(N)=O)cccc1-c1noc(C)n1. The molecule has 0 aliphatic heterocycles. The van der Waals surface area contributed by atoms with Crippen molar-refractivity contribution in [2.75, 3.05) is 18.2 Å². The molecule has 0 aliphatic rings. The van der Waals surface area contributed by atoms with Crippen LogP contribution < -0.4 is 21.5 Å². The Labute approximate surface area is 142 Å². The molecule has 10 heteroatoms. The van der Waals surface area contributed by atoms with Gasteiger partial charge < -0.3 is 26.0 Å². The standard InChI is InChI=1S/C15H15N7O3/c1-7-18-15(22-25-7)8-4-3-5-9(13(8)24-2)19-10-6-11(16)20-21-12(10)14(17)23/h3-6H,1-2H3,(H2,17,23)(H3,16,19,20). The van der Waals surface area contributed by atoms with Gasteiger partial charge in [0.25, 0.3) is 5.91 Å². The molecule has 3 rings (SSSR count). The lowest BCUT2D eigenvalue weighted by atomic mass is 10.1. The average molecular weight is 341 g/mol. The van der Waals surface area contributed by atoms with Gasteiger partial charge in [-0.2, -0.15) is 4.98 Å². The van der Waals surface area contributed by atoms with Gasteiger partial charge in [0.1, 0.15) is 5.82 Å². The van der Waals surface area contributed by atoms with Crippen molar-refractivity contribution in [3.8, 4) is 17.1 Å². The molecular weight excluding hydrogens is 326 g/mol. The van der Waals surface area contributed by atoms with Crippen molar-refractivity contribution >= 4 is 23.1 Å². The number of nitrogens with two attached hydrogens (primary N) is 2. The Morgan fingerprint density at radius 3 is 2.72 bits per heavy atom. The van der Waals surface area contributed by atoms with Crippen LogP contribution in [0.1, 0.15) is 16.4 Å². The maximum Gasteiger partial charge on any atom is 0.271 e. The molecule has 0 aliphatic carbocycles. The molecule has 5 N–H and O–H groups in total. The third-order valence-corrected chi connectivity index (χ3v) is 3.30. The van der Waals surface area contributed by atoms with Gasteiger partial charge >= 0.3 is 0 Å². The van der Waals surface area contributed by atoms with Gasteiger partial charge in [-0.3, -0.25) is 4.79 Å². The normalized spacial score (nSPS) is 10.5. The third kappa shape index (κ3) is 3.17. The summed E-state index contributed by atoms with van der Waals surface area (Å²) in [6.07, 6.45) is 0. The molecule has 0 bridgehead atoms. The lowest BCUT2D eigenvalue weighted by Gasteiger charge is -2.14. The summed E-state index contributed by atoms with van der Waals surface area (Å²) in [4.78, 5) is 15.7. The van der Waals surface area contributed by atoms with Crippen LogP contribution in [-0.4, -0.2) is 33.4 Å². The minimum atomic E-state index is -0.737. The molecule has 0 unspecified atom stereocenters. The Morgan fingerprint density at radius 2 is 2.08 bits per heavy atom. The van der Waals surface area contributed by atoms with Crippen molar-refractivity contribution in [2.45, 2.75) is 6.92 Å². The molecule has 2 heterocycles. The summed E-state index contributed by atoms with van der Waals surface area (Å²) < 4.78 is 10.5. The van der Waals surface area contributed by atoms with E-state index in [1.807, 2.05) is 0 Å². The number of aromatic nitrogens is 4. The van der Waals surface area contributed by atoms with Gasteiger partial charge in [-0.15, -0.1) is 10.2 Å². The van der Waals surface area contributed by atoms with E-state index in [1.165, 1.54) is 13.2 Å². The fourth-order valence-electron chi connectivity index (χ4n) is 2.27. The minimum absolute atomic E-state index is 0.0444. The zero-order valence-electron chi connectivity index (χ0n) is 13.5. The van der Waals surface area contributed by atoms with Gasteiger partial charge in [0.2, 0.25) is 11.7 Å². The number of hydrogen-bond donors (Lipinski definition) is 3. The monoisotopic (exact) mass is 341 g/mol. The van der Waals surface area contributed by atoms with E-state index >= 15 is 0 Å². The van der Waals surface area contributed by atoms with E-state index < -0.39 is 5.91 Å². The van der Waals surface area contributed by atoms with Crippen LogP contribution in [0.5, 0.6) is 5.75 Å². The quantitative estimate of drug-likeness (QED) is 0.622. The van der Waals surface area contributed by atoms with Gasteiger partial charge in [-0.1, -0.05) is 11.2 Å². The van der Waals surface area contributed by atoms with Crippen molar-refractivity contribution in [1.29, 1.82) is 0 Å². The van der Waals surface area contributed by atoms with Crippen LogP contribution in [-0.2, 0) is 0 Å². The van der Waals surface area contributed by atoms with E-state index in [0.29, 0.717) is 34.4 Å². The number of anilines is 3. The van der Waals surface area contributed by atoms with Crippen LogP contribution in [0.2, 0.25) is 0 Å². The smallest absolute Gasteiger partial charge is 0.271 e. The zero-order chi connectivity index (χ0) is 18.0. The number of benzene rings is 1. The summed E-state index contributed by atoms with van der Waals surface area (Å²) in [5, 5.41) is 14.3. The Bertz CT molecular complexity index is 939. The van der Waals surface area contributed by atoms with Gasteiger partial charge in [0.05, 0.1) is 24.0 Å². The van der Waals surface area contributed by atoms with Gasteiger partial charge in [0, 0.05) is 13.0 Å². The Hall–Kier alpha value is -3.69. The van der Waals surface area contributed by atoms with E-state index in [1.54, 1.807) is 25.1 Å². The van der Waals surface area contributed by atoms with E-state index in [9.17, 15) is 4.79 Å². The largest absolute Gasteiger partial charge is 0.494 e. The zero-order valence-corrected chi connectivity index (χ0v) is 13.5. The topological polar surface area (TPSA) is 155 Å². The van der Waals surface area contributed by atoms with Crippen molar-refractivity contribution < 1.29 is 14.1 Å². The van der Waals surface area contributed by atoms with E-state index in [-0.39, 0.29) is 11.5 Å².